The summed E-state index contributed by atoms with van der Waals surface area (Å²) in [6, 6.07) is 4.67. The number of halogens is 3. The summed E-state index contributed by atoms with van der Waals surface area (Å²) in [7, 11) is 0. The van der Waals surface area contributed by atoms with Gasteiger partial charge in [0.15, 0.2) is 0 Å². The molecule has 1 rings (SSSR count). The molecule has 1 unspecified atom stereocenters. The molecule has 0 spiro atoms. The maximum Gasteiger partial charge on any atom is 0.416 e. The van der Waals surface area contributed by atoms with Crippen LogP contribution < -0.4 is 0 Å². The number of alkyl halides is 3. The van der Waals surface area contributed by atoms with Gasteiger partial charge >= 0.3 is 6.18 Å². The molecule has 1 atom stereocenters. The SMILES string of the molecule is CCCSCC(O)c1ccc(C(F)(F)F)cc1. The van der Waals surface area contributed by atoms with E-state index in [1.54, 1.807) is 11.8 Å². The lowest BCUT2D eigenvalue weighted by Crippen LogP contribution is -2.06. The topological polar surface area (TPSA) is 20.2 Å². The molecule has 1 aromatic rings. The molecule has 1 aromatic carbocycles. The van der Waals surface area contributed by atoms with Crippen molar-refractivity contribution in [2.75, 3.05) is 11.5 Å². The number of rotatable bonds is 5. The molecule has 0 amide bonds. The van der Waals surface area contributed by atoms with E-state index in [2.05, 4.69) is 0 Å². The molecule has 0 saturated carbocycles. The van der Waals surface area contributed by atoms with Crippen LogP contribution in [0.2, 0.25) is 0 Å². The molecular formula is C12H15F3OS. The predicted molar refractivity (Wildman–Crippen MR) is 64.0 cm³/mol. The van der Waals surface area contributed by atoms with Gasteiger partial charge in [0.25, 0.3) is 0 Å². The van der Waals surface area contributed by atoms with Crippen LogP contribution in [0, 0.1) is 0 Å². The Balaban J connectivity index is 2.61. The largest absolute Gasteiger partial charge is 0.416 e. The van der Waals surface area contributed by atoms with Gasteiger partial charge in [0.2, 0.25) is 0 Å². The first kappa shape index (κ1) is 14.4. The predicted octanol–water partition coefficient (Wildman–Crippen LogP) is 3.88. The van der Waals surface area contributed by atoms with E-state index in [9.17, 15) is 18.3 Å². The van der Waals surface area contributed by atoms with Crippen molar-refractivity contribution in [1.29, 1.82) is 0 Å². The van der Waals surface area contributed by atoms with Crippen LogP contribution in [-0.4, -0.2) is 16.6 Å². The highest BCUT2D eigenvalue weighted by atomic mass is 32.2. The number of thioether (sulfide) groups is 1. The molecule has 0 aromatic heterocycles. The van der Waals surface area contributed by atoms with E-state index < -0.39 is 17.8 Å². The Morgan fingerprint density at radius 1 is 1.24 bits per heavy atom. The maximum atomic E-state index is 12.3. The molecule has 0 aliphatic heterocycles. The van der Waals surface area contributed by atoms with Crippen molar-refractivity contribution in [1.82, 2.24) is 0 Å². The average molecular weight is 264 g/mol. The lowest BCUT2D eigenvalue weighted by atomic mass is 10.1. The average Bonchev–Trinajstić information content (AvgIpc) is 2.28. The molecule has 0 heterocycles. The molecule has 17 heavy (non-hydrogen) atoms. The molecule has 5 heteroatoms. The van der Waals surface area contributed by atoms with Gasteiger partial charge in [-0.3, -0.25) is 0 Å². The molecular weight excluding hydrogens is 249 g/mol. The number of aliphatic hydroxyl groups is 1. The van der Waals surface area contributed by atoms with Gasteiger partial charge in [-0.05, 0) is 29.9 Å². The van der Waals surface area contributed by atoms with Crippen LogP contribution in [0.5, 0.6) is 0 Å². The van der Waals surface area contributed by atoms with Gasteiger partial charge in [-0.2, -0.15) is 24.9 Å². The first-order valence-corrected chi connectivity index (χ1v) is 6.53. The van der Waals surface area contributed by atoms with E-state index in [4.69, 9.17) is 0 Å². The van der Waals surface area contributed by atoms with Crippen LogP contribution in [0.25, 0.3) is 0 Å². The normalized spacial score (nSPS) is 13.7. The van der Waals surface area contributed by atoms with E-state index in [1.807, 2.05) is 6.92 Å². The smallest absolute Gasteiger partial charge is 0.388 e. The van der Waals surface area contributed by atoms with Crippen LogP contribution >= 0.6 is 11.8 Å². The van der Waals surface area contributed by atoms with Gasteiger partial charge in [0.05, 0.1) is 11.7 Å². The summed E-state index contributed by atoms with van der Waals surface area (Å²) < 4.78 is 36.9. The monoisotopic (exact) mass is 264 g/mol. The minimum atomic E-state index is -4.32. The molecule has 0 fully saturated rings. The first-order valence-electron chi connectivity index (χ1n) is 5.38. The third-order valence-corrected chi connectivity index (χ3v) is 3.50. The summed E-state index contributed by atoms with van der Waals surface area (Å²) in [4.78, 5) is 0. The lowest BCUT2D eigenvalue weighted by molar-refractivity contribution is -0.137. The Kier molecular flexibility index (Phi) is 5.33. The fourth-order valence-electron chi connectivity index (χ4n) is 1.33. The fourth-order valence-corrected chi connectivity index (χ4v) is 2.20. The zero-order valence-corrected chi connectivity index (χ0v) is 10.3. The third kappa shape index (κ3) is 4.60. The maximum absolute atomic E-state index is 12.3. The Labute approximate surface area is 103 Å². The van der Waals surface area contributed by atoms with Gasteiger partial charge in [0, 0.05) is 5.75 Å². The highest BCUT2D eigenvalue weighted by molar-refractivity contribution is 7.99. The van der Waals surface area contributed by atoms with Crippen molar-refractivity contribution in [3.63, 3.8) is 0 Å². The van der Waals surface area contributed by atoms with Crippen molar-refractivity contribution in [3.05, 3.63) is 35.4 Å². The fraction of sp³-hybridized carbons (Fsp3) is 0.500. The quantitative estimate of drug-likeness (QED) is 0.814. The lowest BCUT2D eigenvalue weighted by Gasteiger charge is -2.12. The van der Waals surface area contributed by atoms with Crippen molar-refractivity contribution < 1.29 is 18.3 Å². The van der Waals surface area contributed by atoms with Gasteiger partial charge in [-0.15, -0.1) is 0 Å². The number of hydrogen-bond acceptors (Lipinski definition) is 2. The molecule has 96 valence electrons. The van der Waals surface area contributed by atoms with Crippen LogP contribution in [0.3, 0.4) is 0 Å². The second-order valence-corrected chi connectivity index (χ2v) is 4.86. The summed E-state index contributed by atoms with van der Waals surface area (Å²) in [5, 5.41) is 9.74. The highest BCUT2D eigenvalue weighted by Gasteiger charge is 2.30. The van der Waals surface area contributed by atoms with Crippen LogP contribution in [0.1, 0.15) is 30.6 Å². The molecule has 1 N–H and O–H groups in total. The van der Waals surface area contributed by atoms with E-state index in [0.29, 0.717) is 11.3 Å². The minimum absolute atomic E-state index is 0.513. The van der Waals surface area contributed by atoms with Crippen molar-refractivity contribution in [3.8, 4) is 0 Å². The summed E-state index contributed by atoms with van der Waals surface area (Å²) in [5.74, 6) is 1.46. The van der Waals surface area contributed by atoms with Gasteiger partial charge in [-0.1, -0.05) is 19.1 Å². The van der Waals surface area contributed by atoms with Crippen molar-refractivity contribution in [2.45, 2.75) is 25.6 Å². The second kappa shape index (κ2) is 6.31. The zero-order chi connectivity index (χ0) is 12.9. The summed E-state index contributed by atoms with van der Waals surface area (Å²) >= 11 is 1.59. The van der Waals surface area contributed by atoms with Crippen molar-refractivity contribution >= 4 is 11.8 Å². The standard InChI is InChI=1S/C12H15F3OS/c1-2-7-17-8-11(16)9-3-5-10(6-4-9)12(13,14)15/h3-6,11,16H,2,7-8H2,1H3. The molecule has 0 saturated heterocycles. The Hall–Kier alpha value is -0.680. The third-order valence-electron chi connectivity index (χ3n) is 2.25. The van der Waals surface area contributed by atoms with E-state index >= 15 is 0 Å². The van der Waals surface area contributed by atoms with Crippen LogP contribution in [0.15, 0.2) is 24.3 Å². The minimum Gasteiger partial charge on any atom is -0.388 e. The van der Waals surface area contributed by atoms with E-state index in [0.717, 1.165) is 24.3 Å². The van der Waals surface area contributed by atoms with Gasteiger partial charge < -0.3 is 5.11 Å². The molecule has 0 aliphatic rings. The Morgan fingerprint density at radius 2 is 1.82 bits per heavy atom. The summed E-state index contributed by atoms with van der Waals surface area (Å²) in [5.41, 5.74) is -0.156. The number of aliphatic hydroxyl groups excluding tert-OH is 1. The Bertz CT molecular complexity index is 335. The molecule has 0 aliphatic carbocycles. The molecule has 0 bridgehead atoms. The zero-order valence-electron chi connectivity index (χ0n) is 9.50. The second-order valence-electron chi connectivity index (χ2n) is 3.71. The Morgan fingerprint density at radius 3 is 2.29 bits per heavy atom. The number of hydrogen-bond donors (Lipinski definition) is 1. The molecule has 1 nitrogen and oxygen atoms in total. The van der Waals surface area contributed by atoms with Crippen LogP contribution in [-0.2, 0) is 6.18 Å². The van der Waals surface area contributed by atoms with Gasteiger partial charge in [-0.25, -0.2) is 0 Å². The molecule has 0 radical (unpaired) electrons. The summed E-state index contributed by atoms with van der Waals surface area (Å²) in [6.45, 7) is 2.04. The number of benzene rings is 1. The summed E-state index contributed by atoms with van der Waals surface area (Å²) in [6.07, 6.45) is -4.00. The van der Waals surface area contributed by atoms with Crippen LogP contribution in [0.4, 0.5) is 13.2 Å². The first-order chi connectivity index (χ1) is 7.95. The van der Waals surface area contributed by atoms with Crippen molar-refractivity contribution in [2.24, 2.45) is 0 Å². The highest BCUT2D eigenvalue weighted by Crippen LogP contribution is 2.30. The van der Waals surface area contributed by atoms with Gasteiger partial charge in [0.1, 0.15) is 0 Å². The van der Waals surface area contributed by atoms with E-state index in [-0.39, 0.29) is 0 Å². The van der Waals surface area contributed by atoms with E-state index in [1.165, 1.54) is 12.1 Å².